The number of thiophene rings is 1. The van der Waals surface area contributed by atoms with Crippen molar-refractivity contribution in [3.05, 3.63) is 188 Å². The molecule has 0 saturated heterocycles. The first-order valence-electron chi connectivity index (χ1n) is 26.4. The standard InChI is InChI=1S/C68H75ClN2OS/c1-42-35-56(62(69)57(36-42)71(58-41-73-61-32-26-46(38-50(58)61)65(8,9)10)47-27-29-51-54(39-47)67(13,14)34-33-66(51,11)12)70(48-28-30-53-60(40-48)72-59-20-18-17-19-52(59)68(53,15)16)55-31-25-45(64(5,6)7)37-49(55)43-21-23-44(24-22-43)63(2,3)4/h17-32,35-41H,33-34H2,1-16H3. The first-order chi connectivity index (χ1) is 34.1. The summed E-state index contributed by atoms with van der Waals surface area (Å²) in [7, 11) is 0. The number of fused-ring (bicyclic) bond motifs is 4. The summed E-state index contributed by atoms with van der Waals surface area (Å²) in [6.07, 6.45) is 2.28. The maximum Gasteiger partial charge on any atom is 0.133 e. The third-order valence-corrected chi connectivity index (χ3v) is 17.6. The van der Waals surface area contributed by atoms with Crippen molar-refractivity contribution in [2.24, 2.45) is 0 Å². The van der Waals surface area contributed by atoms with E-state index >= 15 is 0 Å². The van der Waals surface area contributed by atoms with Crippen LogP contribution in [-0.2, 0) is 32.5 Å². The Hall–Kier alpha value is -5.81. The van der Waals surface area contributed by atoms with E-state index in [1.54, 1.807) is 11.3 Å². The zero-order valence-electron chi connectivity index (χ0n) is 46.3. The Balaban J connectivity index is 1.27. The summed E-state index contributed by atoms with van der Waals surface area (Å²) >= 11 is 10.2. The van der Waals surface area contributed by atoms with Crippen LogP contribution in [0.3, 0.4) is 0 Å². The third-order valence-electron chi connectivity index (χ3n) is 16.3. The normalized spacial score (nSPS) is 15.8. The van der Waals surface area contributed by atoms with E-state index in [0.29, 0.717) is 5.02 Å². The predicted octanol–water partition coefficient (Wildman–Crippen LogP) is 21.1. The molecule has 0 unspecified atom stereocenters. The minimum Gasteiger partial charge on any atom is -0.457 e. The molecule has 0 amide bonds. The van der Waals surface area contributed by atoms with Crippen molar-refractivity contribution in [3.8, 4) is 22.6 Å². The molecule has 3 nitrogen and oxygen atoms in total. The number of para-hydroxylation sites is 1. The van der Waals surface area contributed by atoms with Crippen LogP contribution < -0.4 is 14.5 Å². The average molecular weight is 1000 g/mol. The van der Waals surface area contributed by atoms with Gasteiger partial charge in [0.2, 0.25) is 0 Å². The second-order valence-corrected chi connectivity index (χ2v) is 27.4. The quantitative estimate of drug-likeness (QED) is 0.158. The molecule has 0 radical (unpaired) electrons. The number of anilines is 6. The molecule has 1 aliphatic heterocycles. The molecule has 0 N–H and O–H groups in total. The molecule has 0 saturated carbocycles. The number of benzene rings is 7. The Bertz CT molecular complexity index is 3440. The van der Waals surface area contributed by atoms with Gasteiger partial charge in [0.05, 0.1) is 27.8 Å². The lowest BCUT2D eigenvalue weighted by Crippen LogP contribution is -2.34. The minimum absolute atomic E-state index is 0.00527. The molecule has 73 heavy (non-hydrogen) atoms. The second kappa shape index (κ2) is 17.7. The van der Waals surface area contributed by atoms with E-state index in [4.69, 9.17) is 16.3 Å². The lowest BCUT2D eigenvalue weighted by Gasteiger charge is -2.42. The number of hydrogen-bond donors (Lipinski definition) is 0. The van der Waals surface area contributed by atoms with Crippen LogP contribution in [0.1, 0.15) is 161 Å². The topological polar surface area (TPSA) is 15.7 Å². The molecule has 0 bridgehead atoms. The smallest absolute Gasteiger partial charge is 0.133 e. The molecule has 2 heterocycles. The molecule has 8 aromatic rings. The van der Waals surface area contributed by atoms with Gasteiger partial charge in [0.1, 0.15) is 11.5 Å². The van der Waals surface area contributed by atoms with E-state index in [1.165, 1.54) is 43.5 Å². The Kier molecular flexibility index (Phi) is 12.3. The van der Waals surface area contributed by atoms with Gasteiger partial charge in [-0.3, -0.25) is 0 Å². The molecule has 0 spiro atoms. The Morgan fingerprint density at radius 1 is 0.493 bits per heavy atom. The number of ether oxygens (including phenoxy) is 1. The fourth-order valence-electron chi connectivity index (χ4n) is 11.4. The molecule has 376 valence electrons. The highest BCUT2D eigenvalue weighted by molar-refractivity contribution is 7.17. The fourth-order valence-corrected chi connectivity index (χ4v) is 12.6. The zero-order valence-corrected chi connectivity index (χ0v) is 47.9. The molecular weight excluding hydrogens is 928 g/mol. The monoisotopic (exact) mass is 1000 g/mol. The van der Waals surface area contributed by atoms with E-state index in [9.17, 15) is 0 Å². The van der Waals surface area contributed by atoms with Crippen molar-refractivity contribution in [3.63, 3.8) is 0 Å². The summed E-state index contributed by atoms with van der Waals surface area (Å²) in [4.78, 5) is 4.86. The van der Waals surface area contributed by atoms with Crippen LogP contribution in [0, 0.1) is 6.92 Å². The van der Waals surface area contributed by atoms with Crippen molar-refractivity contribution >= 4 is 67.1 Å². The van der Waals surface area contributed by atoms with Crippen LogP contribution in [0.5, 0.6) is 11.5 Å². The van der Waals surface area contributed by atoms with E-state index in [2.05, 4.69) is 259 Å². The molecule has 5 heteroatoms. The Morgan fingerprint density at radius 2 is 1.03 bits per heavy atom. The van der Waals surface area contributed by atoms with E-state index in [1.807, 2.05) is 0 Å². The van der Waals surface area contributed by atoms with Gasteiger partial charge in [0, 0.05) is 55.0 Å². The third kappa shape index (κ3) is 9.09. The van der Waals surface area contributed by atoms with Gasteiger partial charge in [-0.1, -0.05) is 182 Å². The fraction of sp³-hybridized carbons (Fsp3) is 0.353. The average Bonchev–Trinajstić information content (AvgIpc) is 3.74. The van der Waals surface area contributed by atoms with Crippen molar-refractivity contribution < 1.29 is 4.74 Å². The lowest BCUT2D eigenvalue weighted by atomic mass is 9.63. The molecule has 0 fully saturated rings. The molecule has 0 atom stereocenters. The van der Waals surface area contributed by atoms with E-state index in [0.717, 1.165) is 80.7 Å². The van der Waals surface area contributed by atoms with Crippen LogP contribution in [-0.4, -0.2) is 0 Å². The lowest BCUT2D eigenvalue weighted by molar-refractivity contribution is 0.332. The summed E-state index contributed by atoms with van der Waals surface area (Å²) in [5, 5.41) is 4.22. The number of halogens is 1. The van der Waals surface area contributed by atoms with Crippen LogP contribution >= 0.6 is 22.9 Å². The van der Waals surface area contributed by atoms with Crippen LogP contribution in [0.25, 0.3) is 21.2 Å². The summed E-state index contributed by atoms with van der Waals surface area (Å²) in [5.74, 6) is 1.73. The maximum absolute atomic E-state index is 8.35. The molecule has 10 rings (SSSR count). The minimum atomic E-state index is -0.272. The molecule has 2 aliphatic rings. The highest BCUT2D eigenvalue weighted by Crippen LogP contribution is 2.56. The van der Waals surface area contributed by atoms with E-state index < -0.39 is 0 Å². The molecule has 1 aromatic heterocycles. The van der Waals surface area contributed by atoms with Crippen molar-refractivity contribution in [1.29, 1.82) is 0 Å². The Labute approximate surface area is 446 Å². The summed E-state index contributed by atoms with van der Waals surface area (Å²) in [6, 6.07) is 50.3. The highest BCUT2D eigenvalue weighted by Gasteiger charge is 2.39. The highest BCUT2D eigenvalue weighted by atomic mass is 35.5. The number of hydrogen-bond acceptors (Lipinski definition) is 4. The largest absolute Gasteiger partial charge is 0.457 e. The SMILES string of the molecule is Cc1cc(N(c2ccc3c(c2)Oc2ccccc2C3(C)C)c2ccc(C(C)(C)C)cc2-c2ccc(C(C)(C)C)cc2)c(Cl)c(N(c2ccc3c(c2)C(C)(C)CCC3(C)C)c2csc3ccc(C(C)(C)C)cc23)c1. The van der Waals surface area contributed by atoms with Gasteiger partial charge in [-0.15, -0.1) is 11.3 Å². The molecule has 1 aliphatic carbocycles. The second-order valence-electron chi connectivity index (χ2n) is 26.1. The van der Waals surface area contributed by atoms with Crippen molar-refractivity contribution in [1.82, 2.24) is 0 Å². The molecule has 7 aromatic carbocycles. The van der Waals surface area contributed by atoms with Gasteiger partial charge >= 0.3 is 0 Å². The van der Waals surface area contributed by atoms with Crippen LogP contribution in [0.2, 0.25) is 5.02 Å². The maximum atomic E-state index is 8.35. The first-order valence-corrected chi connectivity index (χ1v) is 27.6. The van der Waals surface area contributed by atoms with Gasteiger partial charge in [-0.2, -0.15) is 0 Å². The number of nitrogens with zero attached hydrogens (tertiary/aromatic N) is 2. The summed E-state index contributed by atoms with van der Waals surface area (Å²) < 4.78 is 8.15. The summed E-state index contributed by atoms with van der Waals surface area (Å²) in [5.41, 5.74) is 18.2. The van der Waals surface area contributed by atoms with Gasteiger partial charge in [0.15, 0.2) is 0 Å². The summed E-state index contributed by atoms with van der Waals surface area (Å²) in [6.45, 7) is 37.1. The van der Waals surface area contributed by atoms with Crippen LogP contribution in [0.4, 0.5) is 34.1 Å². The van der Waals surface area contributed by atoms with Gasteiger partial charge in [-0.25, -0.2) is 0 Å². The van der Waals surface area contributed by atoms with Crippen molar-refractivity contribution in [2.45, 2.75) is 156 Å². The van der Waals surface area contributed by atoms with Gasteiger partial charge in [-0.05, 0) is 146 Å². The predicted molar refractivity (Wildman–Crippen MR) is 316 cm³/mol. The zero-order chi connectivity index (χ0) is 52.4. The Morgan fingerprint density at radius 3 is 1.67 bits per heavy atom. The molecular formula is C68H75ClN2OS. The number of aryl methyl sites for hydroxylation is 1. The number of rotatable bonds is 7. The van der Waals surface area contributed by atoms with E-state index in [-0.39, 0.29) is 32.5 Å². The van der Waals surface area contributed by atoms with Gasteiger partial charge < -0.3 is 14.5 Å². The van der Waals surface area contributed by atoms with Crippen LogP contribution in [0.15, 0.2) is 139 Å². The van der Waals surface area contributed by atoms with Crippen molar-refractivity contribution in [2.75, 3.05) is 9.80 Å². The first kappa shape index (κ1) is 50.7. The van der Waals surface area contributed by atoms with Gasteiger partial charge in [0.25, 0.3) is 0 Å².